The molecule has 0 aromatic heterocycles. The van der Waals surface area contributed by atoms with E-state index in [-0.39, 0.29) is 12.0 Å². The lowest BCUT2D eigenvalue weighted by atomic mass is 10.1. The van der Waals surface area contributed by atoms with E-state index < -0.39 is 0 Å². The summed E-state index contributed by atoms with van der Waals surface area (Å²) in [6.45, 7) is 4.99. The van der Waals surface area contributed by atoms with Crippen LogP contribution in [0.1, 0.15) is 19.4 Å². The van der Waals surface area contributed by atoms with Crippen molar-refractivity contribution in [3.63, 3.8) is 0 Å². The summed E-state index contributed by atoms with van der Waals surface area (Å²) in [7, 11) is 0. The van der Waals surface area contributed by atoms with Gasteiger partial charge in [0.1, 0.15) is 6.04 Å². The van der Waals surface area contributed by atoms with E-state index in [0.717, 1.165) is 12.1 Å². The van der Waals surface area contributed by atoms with Crippen molar-refractivity contribution in [2.24, 2.45) is 0 Å². The molecule has 16 heavy (non-hydrogen) atoms. The zero-order valence-electron chi connectivity index (χ0n) is 9.90. The summed E-state index contributed by atoms with van der Waals surface area (Å²) < 4.78 is 5.03. The number of esters is 1. The predicted octanol–water partition coefficient (Wildman–Crippen LogP) is 1.77. The molecule has 0 saturated carbocycles. The molecule has 3 heteroatoms. The summed E-state index contributed by atoms with van der Waals surface area (Å²) in [6.07, 6.45) is 0.674. The molecule has 1 rings (SSSR count). The summed E-state index contributed by atoms with van der Waals surface area (Å²) in [5.41, 5.74) is 1.14. The van der Waals surface area contributed by atoms with Crippen LogP contribution in [0.3, 0.4) is 0 Å². The number of hydrogen-bond donors (Lipinski definition) is 1. The van der Waals surface area contributed by atoms with Gasteiger partial charge in [0.25, 0.3) is 0 Å². The molecule has 1 aromatic carbocycles. The smallest absolute Gasteiger partial charge is 0.323 e. The van der Waals surface area contributed by atoms with Crippen LogP contribution in [0.15, 0.2) is 30.3 Å². The summed E-state index contributed by atoms with van der Waals surface area (Å²) in [6, 6.07) is 9.71. The van der Waals surface area contributed by atoms with Gasteiger partial charge >= 0.3 is 5.97 Å². The fourth-order valence-electron chi connectivity index (χ4n) is 1.58. The Morgan fingerprint density at radius 1 is 1.31 bits per heavy atom. The number of ether oxygens (including phenoxy) is 1. The number of benzene rings is 1. The molecule has 0 aliphatic heterocycles. The molecule has 3 nitrogen and oxygen atoms in total. The minimum absolute atomic E-state index is 0.173. The Labute approximate surface area is 96.8 Å². The third kappa shape index (κ3) is 4.03. The molecule has 1 unspecified atom stereocenters. The number of carbonyl (C=O) groups excluding carboxylic acids is 1. The second-order valence-electron chi connectivity index (χ2n) is 3.55. The van der Waals surface area contributed by atoms with E-state index in [1.807, 2.05) is 44.2 Å². The van der Waals surface area contributed by atoms with Gasteiger partial charge in [-0.15, -0.1) is 0 Å². The van der Waals surface area contributed by atoms with E-state index in [2.05, 4.69) is 5.32 Å². The van der Waals surface area contributed by atoms with Crippen LogP contribution in [0.5, 0.6) is 0 Å². The third-order valence-corrected chi connectivity index (χ3v) is 2.30. The maximum absolute atomic E-state index is 11.7. The average Bonchev–Trinajstić information content (AvgIpc) is 2.30. The zero-order chi connectivity index (χ0) is 11.8. The number of carbonyl (C=O) groups is 1. The van der Waals surface area contributed by atoms with Crippen molar-refractivity contribution in [2.75, 3.05) is 13.2 Å². The Hall–Kier alpha value is -1.35. The summed E-state index contributed by atoms with van der Waals surface area (Å²) in [5, 5.41) is 3.14. The highest BCUT2D eigenvalue weighted by Crippen LogP contribution is 2.04. The normalized spacial score (nSPS) is 12.1. The number of nitrogens with one attached hydrogen (secondary N) is 1. The molecule has 0 aliphatic rings. The van der Waals surface area contributed by atoms with Crippen LogP contribution in [0.4, 0.5) is 0 Å². The van der Waals surface area contributed by atoms with Crippen molar-refractivity contribution in [1.29, 1.82) is 0 Å². The van der Waals surface area contributed by atoms with Crippen LogP contribution >= 0.6 is 0 Å². The van der Waals surface area contributed by atoms with Crippen molar-refractivity contribution in [1.82, 2.24) is 5.32 Å². The first kappa shape index (κ1) is 12.7. The van der Waals surface area contributed by atoms with E-state index in [0.29, 0.717) is 13.0 Å². The molecule has 0 heterocycles. The Kier molecular flexibility index (Phi) is 5.57. The quantitative estimate of drug-likeness (QED) is 0.744. The van der Waals surface area contributed by atoms with Crippen LogP contribution < -0.4 is 5.32 Å². The zero-order valence-corrected chi connectivity index (χ0v) is 9.90. The first-order valence-electron chi connectivity index (χ1n) is 5.71. The third-order valence-electron chi connectivity index (χ3n) is 2.30. The first-order chi connectivity index (χ1) is 7.77. The maximum atomic E-state index is 11.7. The van der Waals surface area contributed by atoms with Gasteiger partial charge < -0.3 is 10.1 Å². The van der Waals surface area contributed by atoms with Crippen molar-refractivity contribution >= 4 is 5.97 Å². The van der Waals surface area contributed by atoms with Gasteiger partial charge in [-0.05, 0) is 25.5 Å². The van der Waals surface area contributed by atoms with E-state index >= 15 is 0 Å². The fourth-order valence-corrected chi connectivity index (χ4v) is 1.58. The van der Waals surface area contributed by atoms with Crippen molar-refractivity contribution in [3.05, 3.63) is 35.9 Å². The van der Waals surface area contributed by atoms with Crippen molar-refractivity contribution in [2.45, 2.75) is 26.3 Å². The molecule has 0 amide bonds. The average molecular weight is 221 g/mol. The Morgan fingerprint density at radius 2 is 2.00 bits per heavy atom. The van der Waals surface area contributed by atoms with Crippen LogP contribution in [-0.2, 0) is 16.0 Å². The minimum atomic E-state index is -0.243. The minimum Gasteiger partial charge on any atom is -0.465 e. The van der Waals surface area contributed by atoms with E-state index in [1.165, 1.54) is 0 Å². The SMILES string of the molecule is CCNC(Cc1ccccc1)C(=O)OCC. The molecule has 1 atom stereocenters. The highest BCUT2D eigenvalue weighted by Gasteiger charge is 2.18. The molecule has 88 valence electrons. The van der Waals surface area contributed by atoms with Gasteiger partial charge in [-0.3, -0.25) is 4.79 Å². The molecule has 1 aromatic rings. The van der Waals surface area contributed by atoms with Gasteiger partial charge in [-0.25, -0.2) is 0 Å². The van der Waals surface area contributed by atoms with Crippen LogP contribution in [0, 0.1) is 0 Å². The lowest BCUT2D eigenvalue weighted by Gasteiger charge is -2.16. The van der Waals surface area contributed by atoms with Crippen molar-refractivity contribution in [3.8, 4) is 0 Å². The topological polar surface area (TPSA) is 38.3 Å². The van der Waals surface area contributed by atoms with Crippen LogP contribution in [-0.4, -0.2) is 25.2 Å². The Balaban J connectivity index is 2.60. The molecule has 0 fully saturated rings. The molecule has 1 N–H and O–H groups in total. The van der Waals surface area contributed by atoms with Gasteiger partial charge in [0, 0.05) is 0 Å². The first-order valence-corrected chi connectivity index (χ1v) is 5.71. The molecular formula is C13H19NO2. The molecule has 0 saturated heterocycles. The standard InChI is InChI=1S/C13H19NO2/c1-3-14-12(13(15)16-4-2)10-11-8-6-5-7-9-11/h5-9,12,14H,3-4,10H2,1-2H3. The second kappa shape index (κ2) is 7.01. The largest absolute Gasteiger partial charge is 0.465 e. The maximum Gasteiger partial charge on any atom is 0.323 e. The number of likely N-dealkylation sites (N-methyl/N-ethyl adjacent to an activating group) is 1. The highest BCUT2D eigenvalue weighted by atomic mass is 16.5. The molecule has 0 radical (unpaired) electrons. The van der Waals surface area contributed by atoms with Crippen LogP contribution in [0.25, 0.3) is 0 Å². The fraction of sp³-hybridized carbons (Fsp3) is 0.462. The monoisotopic (exact) mass is 221 g/mol. The number of hydrogen-bond acceptors (Lipinski definition) is 3. The van der Waals surface area contributed by atoms with Crippen molar-refractivity contribution < 1.29 is 9.53 Å². The van der Waals surface area contributed by atoms with Gasteiger partial charge in [-0.2, -0.15) is 0 Å². The Morgan fingerprint density at radius 3 is 2.56 bits per heavy atom. The summed E-state index contributed by atoms with van der Waals surface area (Å²) in [5.74, 6) is -0.173. The summed E-state index contributed by atoms with van der Waals surface area (Å²) >= 11 is 0. The highest BCUT2D eigenvalue weighted by molar-refractivity contribution is 5.76. The second-order valence-corrected chi connectivity index (χ2v) is 3.55. The lowest BCUT2D eigenvalue weighted by molar-refractivity contribution is -0.145. The van der Waals surface area contributed by atoms with E-state index in [9.17, 15) is 4.79 Å². The van der Waals surface area contributed by atoms with Gasteiger partial charge in [0.2, 0.25) is 0 Å². The molecule has 0 aliphatic carbocycles. The molecular weight excluding hydrogens is 202 g/mol. The van der Waals surface area contributed by atoms with Gasteiger partial charge in [-0.1, -0.05) is 37.3 Å². The van der Waals surface area contributed by atoms with E-state index in [1.54, 1.807) is 0 Å². The number of rotatable bonds is 6. The van der Waals surface area contributed by atoms with E-state index in [4.69, 9.17) is 4.74 Å². The predicted molar refractivity (Wildman–Crippen MR) is 64.2 cm³/mol. The van der Waals surface area contributed by atoms with Gasteiger partial charge in [0.05, 0.1) is 6.61 Å². The Bertz CT molecular complexity index is 311. The molecule has 0 bridgehead atoms. The lowest BCUT2D eigenvalue weighted by Crippen LogP contribution is -2.39. The molecule has 0 spiro atoms. The summed E-state index contributed by atoms with van der Waals surface area (Å²) in [4.78, 5) is 11.7. The van der Waals surface area contributed by atoms with Crippen LogP contribution in [0.2, 0.25) is 0 Å². The van der Waals surface area contributed by atoms with Gasteiger partial charge in [0.15, 0.2) is 0 Å².